The fourth-order valence-corrected chi connectivity index (χ4v) is 10.4. The van der Waals surface area contributed by atoms with E-state index in [9.17, 15) is 28.3 Å². The number of fused-ring (bicyclic) bond motifs is 1. The van der Waals surface area contributed by atoms with E-state index in [2.05, 4.69) is 76.5 Å². The van der Waals surface area contributed by atoms with E-state index in [0.717, 1.165) is 128 Å². The number of alkyl halides is 2. The number of allylic oxidation sites excluding steroid dienone is 1. The van der Waals surface area contributed by atoms with Gasteiger partial charge in [0.25, 0.3) is 6.43 Å². The summed E-state index contributed by atoms with van der Waals surface area (Å²) in [7, 11) is 5.45. The number of unbranched alkanes of at least 4 members (excludes halogenated alkanes) is 6. The number of aromatic nitrogens is 4. The third-order valence-electron chi connectivity index (χ3n) is 14.3. The maximum atomic E-state index is 15.0. The highest BCUT2D eigenvalue weighted by molar-refractivity contribution is 5.91. The van der Waals surface area contributed by atoms with Crippen molar-refractivity contribution in [3.63, 3.8) is 0 Å². The molecule has 0 saturated heterocycles. The highest BCUT2D eigenvalue weighted by atomic mass is 19.3. The highest BCUT2D eigenvalue weighted by Gasteiger charge is 2.33. The van der Waals surface area contributed by atoms with Crippen LogP contribution in [0.3, 0.4) is 0 Å². The lowest BCUT2D eigenvalue weighted by Crippen LogP contribution is -2.46. The van der Waals surface area contributed by atoms with Crippen LogP contribution in [0.5, 0.6) is 5.75 Å². The predicted molar refractivity (Wildman–Crippen MR) is 299 cm³/mol. The molecular weight excluding hydrogens is 969 g/mol. The van der Waals surface area contributed by atoms with Gasteiger partial charge in [-0.1, -0.05) is 70.2 Å². The summed E-state index contributed by atoms with van der Waals surface area (Å²) in [6.07, 6.45) is 18.6. The maximum Gasteiger partial charge on any atom is 0.264 e. The number of hydrogen-bond acceptors (Lipinski definition) is 10. The van der Waals surface area contributed by atoms with Gasteiger partial charge in [0.15, 0.2) is 0 Å². The van der Waals surface area contributed by atoms with Gasteiger partial charge in [0.05, 0.1) is 31.8 Å². The molecule has 0 saturated carbocycles. The SMILES string of the molecule is CCn1cc(-c2ccc(C(CO)C(CCCNC=O)C(NC(=O)CCCCCCCCCn3cc(-c4cc5c(cc4C(F)F)N(c4cc(OC)cc(N(C)C)c4/C=C(/C)C=O)CCC5)cn3)C(C)C)cc2)cn1.NC=O. The van der Waals surface area contributed by atoms with Gasteiger partial charge in [-0.15, -0.1) is 0 Å². The summed E-state index contributed by atoms with van der Waals surface area (Å²) in [4.78, 5) is 48.9. The minimum Gasteiger partial charge on any atom is -0.497 e. The fourth-order valence-electron chi connectivity index (χ4n) is 10.4. The summed E-state index contributed by atoms with van der Waals surface area (Å²) in [5.41, 5.74) is 13.1. The van der Waals surface area contributed by atoms with E-state index in [0.29, 0.717) is 54.9 Å². The van der Waals surface area contributed by atoms with Gasteiger partial charge in [-0.3, -0.25) is 28.5 Å². The van der Waals surface area contributed by atoms with Crippen LogP contribution in [0.1, 0.15) is 133 Å². The lowest BCUT2D eigenvalue weighted by molar-refractivity contribution is -0.123. The number of nitrogens with two attached hydrogens (primary N) is 1. The summed E-state index contributed by atoms with van der Waals surface area (Å²) in [6.45, 7) is 10.6. The Hall–Kier alpha value is -6.88. The Morgan fingerprint density at radius 3 is 2.18 bits per heavy atom. The predicted octanol–water partition coefficient (Wildman–Crippen LogP) is 10.4. The summed E-state index contributed by atoms with van der Waals surface area (Å²) < 4.78 is 39.4. The maximum absolute atomic E-state index is 15.0. The number of methoxy groups -OCH3 is 1. The molecule has 5 N–H and O–H groups in total. The van der Waals surface area contributed by atoms with Crippen molar-refractivity contribution in [1.29, 1.82) is 0 Å². The van der Waals surface area contributed by atoms with Crippen LogP contribution >= 0.6 is 0 Å². The molecule has 3 heterocycles. The number of halogens is 2. The van der Waals surface area contributed by atoms with Crippen molar-refractivity contribution in [2.24, 2.45) is 17.6 Å². The number of ether oxygens (including phenoxy) is 1. The van der Waals surface area contributed by atoms with E-state index < -0.39 is 6.43 Å². The topological polar surface area (TPSA) is 190 Å². The second kappa shape index (κ2) is 30.6. The molecule has 3 aromatic carbocycles. The number of anilines is 3. The van der Waals surface area contributed by atoms with E-state index in [1.165, 1.54) is 0 Å². The number of hydrogen-bond donors (Lipinski definition) is 4. The van der Waals surface area contributed by atoms with E-state index in [-0.39, 0.29) is 48.3 Å². The molecule has 1 aliphatic rings. The van der Waals surface area contributed by atoms with Crippen molar-refractivity contribution < 1.29 is 37.8 Å². The van der Waals surface area contributed by atoms with Crippen LogP contribution in [0, 0.1) is 11.8 Å². The Labute approximate surface area is 448 Å². The molecule has 2 aromatic heterocycles. The number of carbonyl (C=O) groups is 4. The lowest BCUT2D eigenvalue weighted by Gasteiger charge is -2.36. The molecule has 3 atom stereocenters. The number of aliphatic hydroxyl groups is 1. The number of rotatable bonds is 30. The number of nitrogens with one attached hydrogen (secondary N) is 2. The summed E-state index contributed by atoms with van der Waals surface area (Å²) in [5.74, 6) is 0.533. The fraction of sp³-hybridized carbons (Fsp3) is 0.492. The number of benzene rings is 3. The van der Waals surface area contributed by atoms with E-state index in [1.807, 2.05) is 71.2 Å². The molecule has 0 spiro atoms. The smallest absolute Gasteiger partial charge is 0.264 e. The van der Waals surface area contributed by atoms with Crippen molar-refractivity contribution in [3.05, 3.63) is 101 Å². The minimum atomic E-state index is -2.71. The van der Waals surface area contributed by atoms with Crippen LogP contribution < -0.4 is 30.9 Å². The average molecular weight is 1050 g/mol. The number of carbonyl (C=O) groups excluding carboxylic acids is 4. The second-order valence-corrected chi connectivity index (χ2v) is 20.2. The van der Waals surface area contributed by atoms with Crippen LogP contribution in [-0.2, 0) is 38.7 Å². The standard InChI is InChI=1S/C58H78F2N8O5.CH3NO/c1-8-66-35-45(33-62-66)42-21-23-43(24-22-42)52(38-70)48(19-16-25-61-39-71)57(40(2)3)64-56(72)20-14-12-10-9-11-13-15-26-67-36-46(34-63-67)49-29-44-18-17-27-68(53(44)32-50(49)58(59)60)55-31-47(73-7)30-54(65(5)6)51(55)28-41(4)37-69;2-1-3/h21-24,28-37,39-40,48,52,57-58,70H,8-20,25-27,38H2,1-7H3,(H,61,71)(H,64,72);1H,(H2,2,3)/b41-28-;. The first-order valence-electron chi connectivity index (χ1n) is 26.9. The zero-order valence-electron chi connectivity index (χ0n) is 45.7. The van der Waals surface area contributed by atoms with Crippen LogP contribution in [0.4, 0.5) is 25.8 Å². The molecule has 3 amide bonds. The third-order valence-corrected chi connectivity index (χ3v) is 14.3. The summed E-state index contributed by atoms with van der Waals surface area (Å²) in [5, 5.41) is 26.0. The number of nitrogens with zero attached hydrogens (tertiary/aromatic N) is 6. The molecule has 6 rings (SSSR count). The monoisotopic (exact) mass is 1050 g/mol. The third kappa shape index (κ3) is 16.6. The number of amides is 3. The molecule has 0 bridgehead atoms. The minimum absolute atomic E-state index is 0.0203. The van der Waals surface area contributed by atoms with Crippen molar-refractivity contribution >= 4 is 48.2 Å². The zero-order chi connectivity index (χ0) is 55.1. The van der Waals surface area contributed by atoms with Crippen molar-refractivity contribution in [2.45, 2.75) is 136 Å². The van der Waals surface area contributed by atoms with E-state index in [4.69, 9.17) is 9.53 Å². The zero-order valence-corrected chi connectivity index (χ0v) is 45.7. The van der Waals surface area contributed by atoms with Gasteiger partial charge in [0.1, 0.15) is 12.0 Å². The Balaban J connectivity index is 0.00000347. The van der Waals surface area contributed by atoms with E-state index in [1.54, 1.807) is 26.3 Å². The molecule has 0 fully saturated rings. The molecule has 17 heteroatoms. The van der Waals surface area contributed by atoms with Gasteiger partial charge < -0.3 is 36.0 Å². The number of primary amides is 1. The van der Waals surface area contributed by atoms with Gasteiger partial charge in [0.2, 0.25) is 18.7 Å². The quantitative estimate of drug-likeness (QED) is 0.0196. The van der Waals surface area contributed by atoms with Crippen LogP contribution in [0.25, 0.3) is 28.3 Å². The molecule has 5 aromatic rings. The lowest BCUT2D eigenvalue weighted by atomic mass is 9.75. The first kappa shape index (κ1) is 60.0. The summed E-state index contributed by atoms with van der Waals surface area (Å²) >= 11 is 0. The molecular formula is C59H81F2N9O6. The van der Waals surface area contributed by atoms with Gasteiger partial charge in [-0.05, 0) is 110 Å². The Bertz CT molecular complexity index is 2650. The second-order valence-electron chi connectivity index (χ2n) is 20.2. The van der Waals surface area contributed by atoms with Gasteiger partial charge >= 0.3 is 0 Å². The number of aldehydes is 1. The molecule has 0 radical (unpaired) electrons. The molecule has 3 unspecified atom stereocenters. The Morgan fingerprint density at radius 2 is 1.57 bits per heavy atom. The first-order chi connectivity index (χ1) is 36.7. The van der Waals surface area contributed by atoms with E-state index >= 15 is 0 Å². The highest BCUT2D eigenvalue weighted by Crippen LogP contribution is 2.45. The molecule has 412 valence electrons. The normalized spacial score (nSPS) is 13.6. The van der Waals surface area contributed by atoms with Gasteiger partial charge in [-0.2, -0.15) is 10.2 Å². The average Bonchev–Trinajstić information content (AvgIpc) is 4.13. The molecule has 15 nitrogen and oxygen atoms in total. The van der Waals surface area contributed by atoms with Crippen LogP contribution in [0.2, 0.25) is 0 Å². The number of aryl methyl sites for hydroxylation is 3. The van der Waals surface area contributed by atoms with Crippen molar-refractivity contribution in [1.82, 2.24) is 30.2 Å². The largest absolute Gasteiger partial charge is 0.497 e. The van der Waals surface area contributed by atoms with Crippen LogP contribution in [0.15, 0.2) is 78.9 Å². The van der Waals surface area contributed by atoms with Gasteiger partial charge in [0, 0.05) is 117 Å². The number of aliphatic hydroxyl groups excluding tert-OH is 1. The van der Waals surface area contributed by atoms with Crippen molar-refractivity contribution in [3.8, 4) is 28.0 Å². The first-order valence-corrected chi connectivity index (χ1v) is 26.9. The van der Waals surface area contributed by atoms with Crippen molar-refractivity contribution in [2.75, 3.05) is 50.7 Å². The summed E-state index contributed by atoms with van der Waals surface area (Å²) in [6, 6.07) is 15.5. The molecule has 1 aliphatic heterocycles. The Kier molecular flexibility index (Phi) is 24.2. The molecule has 76 heavy (non-hydrogen) atoms. The molecule has 0 aliphatic carbocycles. The van der Waals surface area contributed by atoms with Crippen LogP contribution in [-0.4, -0.2) is 96.6 Å². The Morgan fingerprint density at radius 1 is 0.895 bits per heavy atom. The van der Waals surface area contributed by atoms with Gasteiger partial charge in [-0.25, -0.2) is 8.78 Å².